The number of fused-ring (bicyclic) bond motifs is 3. The van der Waals surface area contributed by atoms with E-state index in [4.69, 9.17) is 4.74 Å². The summed E-state index contributed by atoms with van der Waals surface area (Å²) in [4.78, 5) is 29.7. The molecule has 3 aromatic rings. The quantitative estimate of drug-likeness (QED) is 0.352. The van der Waals surface area contributed by atoms with Crippen molar-refractivity contribution >= 4 is 29.0 Å². The Labute approximate surface area is 176 Å². The number of nitrogens with zero attached hydrogens (tertiary/aromatic N) is 5. The van der Waals surface area contributed by atoms with Crippen LogP contribution in [0.15, 0.2) is 53.7 Å². The van der Waals surface area contributed by atoms with Gasteiger partial charge in [0.2, 0.25) is 23.2 Å². The fourth-order valence-electron chi connectivity index (χ4n) is 3.31. The summed E-state index contributed by atoms with van der Waals surface area (Å²) < 4.78 is 6.15. The Morgan fingerprint density at radius 1 is 1.20 bits per heavy atom. The lowest BCUT2D eigenvalue weighted by atomic mass is 10.1. The summed E-state index contributed by atoms with van der Waals surface area (Å²) in [5.74, 6) is 0.569. The van der Waals surface area contributed by atoms with Gasteiger partial charge >= 0.3 is 0 Å². The summed E-state index contributed by atoms with van der Waals surface area (Å²) in [6, 6.07) is 13.3. The lowest BCUT2D eigenvalue weighted by molar-refractivity contribution is -0.386. The van der Waals surface area contributed by atoms with Crippen molar-refractivity contribution < 1.29 is 14.5 Å². The second-order valence-corrected chi connectivity index (χ2v) is 7.60. The topological polar surface area (TPSA) is 111 Å². The third kappa shape index (κ3) is 3.45. The summed E-state index contributed by atoms with van der Waals surface area (Å²) >= 11 is 1.39. The standard InChI is InChI=1S/C20H17N5O4S/c1-3-30-20-21-18-17(22-23-20)13-8-4-6-10-15(13)24(12(2)26)19(29-18)14-9-5-7-11-16(14)25(27)28/h4-11,19H,3H2,1-2H3/t19-/m1/s1. The highest BCUT2D eigenvalue weighted by Crippen LogP contribution is 2.44. The molecular formula is C20H17N5O4S. The highest BCUT2D eigenvalue weighted by Gasteiger charge is 2.37. The number of hydrogen-bond donors (Lipinski definition) is 0. The van der Waals surface area contributed by atoms with Crippen LogP contribution in [0.25, 0.3) is 11.3 Å². The summed E-state index contributed by atoms with van der Waals surface area (Å²) in [6.07, 6.45) is -1.09. The summed E-state index contributed by atoms with van der Waals surface area (Å²) in [7, 11) is 0. The number of ether oxygens (including phenoxy) is 1. The van der Waals surface area contributed by atoms with Crippen molar-refractivity contribution in [2.24, 2.45) is 0 Å². The molecule has 0 radical (unpaired) electrons. The summed E-state index contributed by atoms with van der Waals surface area (Å²) in [6.45, 7) is 3.35. The van der Waals surface area contributed by atoms with Crippen LogP contribution in [0, 0.1) is 10.1 Å². The van der Waals surface area contributed by atoms with E-state index < -0.39 is 11.2 Å². The van der Waals surface area contributed by atoms with Crippen molar-refractivity contribution in [3.05, 3.63) is 64.2 Å². The maximum absolute atomic E-state index is 12.7. The predicted octanol–water partition coefficient (Wildman–Crippen LogP) is 4.00. The van der Waals surface area contributed by atoms with Gasteiger partial charge < -0.3 is 4.74 Å². The van der Waals surface area contributed by atoms with Gasteiger partial charge in [0.25, 0.3) is 5.69 Å². The van der Waals surface area contributed by atoms with E-state index in [0.717, 1.165) is 5.75 Å². The Kier molecular flexibility index (Phi) is 5.32. The van der Waals surface area contributed by atoms with Crippen molar-refractivity contribution in [3.8, 4) is 17.1 Å². The first-order valence-electron chi connectivity index (χ1n) is 9.18. The summed E-state index contributed by atoms with van der Waals surface area (Å²) in [5, 5.41) is 20.5. The molecule has 0 N–H and O–H groups in total. The van der Waals surface area contributed by atoms with Crippen LogP contribution in [0.1, 0.15) is 25.6 Å². The van der Waals surface area contributed by atoms with Crippen LogP contribution < -0.4 is 9.64 Å². The van der Waals surface area contributed by atoms with E-state index in [-0.39, 0.29) is 23.0 Å². The van der Waals surface area contributed by atoms with Crippen molar-refractivity contribution in [3.63, 3.8) is 0 Å². The number of carbonyl (C=O) groups is 1. The molecule has 0 bridgehead atoms. The molecule has 1 aliphatic heterocycles. The van der Waals surface area contributed by atoms with Crippen LogP contribution in [0.2, 0.25) is 0 Å². The van der Waals surface area contributed by atoms with Crippen molar-refractivity contribution in [2.75, 3.05) is 10.7 Å². The number of thioether (sulfide) groups is 1. The van der Waals surface area contributed by atoms with Crippen LogP contribution in [0.3, 0.4) is 0 Å². The van der Waals surface area contributed by atoms with Crippen molar-refractivity contribution in [2.45, 2.75) is 25.2 Å². The average Bonchev–Trinajstić information content (AvgIpc) is 2.88. The monoisotopic (exact) mass is 423 g/mol. The van der Waals surface area contributed by atoms with E-state index in [1.807, 2.05) is 13.0 Å². The maximum atomic E-state index is 12.7. The van der Waals surface area contributed by atoms with Crippen LogP contribution in [-0.4, -0.2) is 31.8 Å². The molecule has 0 saturated heterocycles. The third-order valence-electron chi connectivity index (χ3n) is 4.52. The molecule has 152 valence electrons. The number of anilines is 1. The average molecular weight is 423 g/mol. The van der Waals surface area contributed by atoms with Gasteiger partial charge in [0, 0.05) is 18.6 Å². The first-order chi connectivity index (χ1) is 14.5. The molecule has 30 heavy (non-hydrogen) atoms. The van der Waals surface area contributed by atoms with Crippen molar-refractivity contribution in [1.82, 2.24) is 15.2 Å². The molecule has 1 atom stereocenters. The maximum Gasteiger partial charge on any atom is 0.278 e. The molecule has 2 heterocycles. The fourth-order valence-corrected chi connectivity index (χ4v) is 3.81. The van der Waals surface area contributed by atoms with E-state index in [2.05, 4.69) is 15.2 Å². The Balaban J connectivity index is 1.99. The number of hydrogen-bond acceptors (Lipinski definition) is 8. The third-order valence-corrected chi connectivity index (χ3v) is 5.24. The zero-order chi connectivity index (χ0) is 21.3. The predicted molar refractivity (Wildman–Crippen MR) is 111 cm³/mol. The van der Waals surface area contributed by atoms with Gasteiger partial charge in [-0.2, -0.15) is 4.98 Å². The minimum absolute atomic E-state index is 0.153. The molecule has 0 saturated carbocycles. The first-order valence-corrected chi connectivity index (χ1v) is 10.2. The molecule has 0 aliphatic carbocycles. The Bertz CT molecular complexity index is 1140. The number of benzene rings is 2. The van der Waals surface area contributed by atoms with E-state index >= 15 is 0 Å². The second kappa shape index (κ2) is 8.07. The van der Waals surface area contributed by atoms with Crippen LogP contribution >= 0.6 is 11.8 Å². The Morgan fingerprint density at radius 3 is 2.67 bits per heavy atom. The molecule has 0 fully saturated rings. The normalized spacial score (nSPS) is 14.9. The molecule has 1 aliphatic rings. The second-order valence-electron chi connectivity index (χ2n) is 6.37. The van der Waals surface area contributed by atoms with Gasteiger partial charge in [0.05, 0.1) is 16.2 Å². The van der Waals surface area contributed by atoms with Gasteiger partial charge in [0.1, 0.15) is 0 Å². The van der Waals surface area contributed by atoms with Gasteiger partial charge in [-0.05, 0) is 17.9 Å². The minimum atomic E-state index is -1.09. The van der Waals surface area contributed by atoms with Gasteiger partial charge in [-0.15, -0.1) is 10.2 Å². The van der Waals surface area contributed by atoms with Crippen molar-refractivity contribution in [1.29, 1.82) is 0 Å². The fraction of sp³-hybridized carbons (Fsp3) is 0.200. The number of amides is 1. The number of aromatic nitrogens is 3. The first kappa shape index (κ1) is 19.8. The Morgan fingerprint density at radius 2 is 1.93 bits per heavy atom. The molecule has 0 unspecified atom stereocenters. The van der Waals surface area contributed by atoms with Crippen LogP contribution in [0.4, 0.5) is 11.4 Å². The lowest BCUT2D eigenvalue weighted by Crippen LogP contribution is -2.36. The Hall–Kier alpha value is -3.53. The molecule has 0 spiro atoms. The minimum Gasteiger partial charge on any atom is -0.447 e. The summed E-state index contributed by atoms with van der Waals surface area (Å²) in [5.41, 5.74) is 1.58. The van der Waals surface area contributed by atoms with Crippen LogP contribution in [-0.2, 0) is 4.79 Å². The molecule has 10 heteroatoms. The highest BCUT2D eigenvalue weighted by atomic mass is 32.2. The van der Waals surface area contributed by atoms with E-state index in [1.165, 1.54) is 29.7 Å². The number of carbonyl (C=O) groups excluding carboxylic acids is 1. The van der Waals surface area contributed by atoms with Gasteiger partial charge in [-0.1, -0.05) is 49.0 Å². The number of para-hydroxylation sites is 2. The van der Waals surface area contributed by atoms with Crippen LogP contribution in [0.5, 0.6) is 5.88 Å². The van der Waals surface area contributed by atoms with Gasteiger partial charge in [0.15, 0.2) is 5.69 Å². The van der Waals surface area contributed by atoms with Gasteiger partial charge in [-0.3, -0.25) is 19.8 Å². The van der Waals surface area contributed by atoms with E-state index in [9.17, 15) is 14.9 Å². The molecule has 2 aromatic carbocycles. The number of nitro groups is 1. The molecule has 1 aromatic heterocycles. The molecular weight excluding hydrogens is 406 g/mol. The smallest absolute Gasteiger partial charge is 0.278 e. The SMILES string of the molecule is CCSc1nnc2c(n1)O[C@H](c1ccccc1[N+](=O)[O-])N(C(C)=O)c1ccccc1-2. The van der Waals surface area contributed by atoms with E-state index in [0.29, 0.717) is 22.1 Å². The zero-order valence-corrected chi connectivity index (χ0v) is 17.0. The highest BCUT2D eigenvalue weighted by molar-refractivity contribution is 7.99. The zero-order valence-electron chi connectivity index (χ0n) is 16.2. The lowest BCUT2D eigenvalue weighted by Gasteiger charge is -2.29. The van der Waals surface area contributed by atoms with Gasteiger partial charge in [-0.25, -0.2) is 0 Å². The number of nitro benzene ring substituents is 1. The molecule has 9 nitrogen and oxygen atoms in total. The number of rotatable bonds is 4. The molecule has 4 rings (SSSR count). The largest absolute Gasteiger partial charge is 0.447 e. The molecule has 1 amide bonds. The van der Waals surface area contributed by atoms with E-state index in [1.54, 1.807) is 36.4 Å².